The maximum atomic E-state index is 12.8. The third-order valence-corrected chi connectivity index (χ3v) is 2.48. The summed E-state index contributed by atoms with van der Waals surface area (Å²) < 4.78 is 38.3. The minimum Gasteiger partial charge on any atom is -0.296 e. The van der Waals surface area contributed by atoms with Crippen molar-refractivity contribution in [2.45, 2.75) is 13.1 Å². The molecule has 17 heavy (non-hydrogen) atoms. The number of aryl methyl sites for hydroxylation is 1. The van der Waals surface area contributed by atoms with Crippen LogP contribution in [0.3, 0.4) is 0 Å². The van der Waals surface area contributed by atoms with Gasteiger partial charge in [-0.25, -0.2) is 4.98 Å². The molecule has 1 aromatic carbocycles. The van der Waals surface area contributed by atoms with E-state index < -0.39 is 11.7 Å². The highest BCUT2D eigenvalue weighted by Gasteiger charge is 2.33. The normalized spacial score (nSPS) is 11.8. The highest BCUT2D eigenvalue weighted by molar-refractivity contribution is 5.89. The van der Waals surface area contributed by atoms with E-state index in [2.05, 4.69) is 4.98 Å². The summed E-state index contributed by atoms with van der Waals surface area (Å²) >= 11 is 0. The zero-order valence-corrected chi connectivity index (χ0v) is 8.88. The summed E-state index contributed by atoms with van der Waals surface area (Å²) in [7, 11) is 0. The molecule has 0 spiro atoms. The van der Waals surface area contributed by atoms with E-state index in [4.69, 9.17) is 0 Å². The van der Waals surface area contributed by atoms with Gasteiger partial charge in [-0.05, 0) is 30.7 Å². The number of nitrogens with zero attached hydrogens (tertiary/aromatic N) is 1. The molecule has 2 nitrogen and oxygen atoms in total. The molecule has 2 rings (SSSR count). The average Bonchev–Trinajstić information content (AvgIpc) is 2.26. The van der Waals surface area contributed by atoms with Gasteiger partial charge in [0.15, 0.2) is 6.29 Å². The predicted octanol–water partition coefficient (Wildman–Crippen LogP) is 3.37. The van der Waals surface area contributed by atoms with Gasteiger partial charge in [0.05, 0.1) is 11.1 Å². The lowest BCUT2D eigenvalue weighted by Gasteiger charge is -2.12. The molecule has 0 atom stereocenters. The quantitative estimate of drug-likeness (QED) is 0.714. The van der Waals surface area contributed by atoms with E-state index >= 15 is 0 Å². The van der Waals surface area contributed by atoms with Gasteiger partial charge in [0.25, 0.3) is 0 Å². The molecule has 0 aliphatic rings. The number of fused-ring (bicyclic) bond motifs is 1. The first kappa shape index (κ1) is 11.6. The number of carbonyl (C=O) groups excluding carboxylic acids is 1. The second-order valence-electron chi connectivity index (χ2n) is 3.68. The van der Waals surface area contributed by atoms with Crippen molar-refractivity contribution in [1.82, 2.24) is 4.98 Å². The zero-order valence-electron chi connectivity index (χ0n) is 8.88. The van der Waals surface area contributed by atoms with Gasteiger partial charge < -0.3 is 0 Å². The van der Waals surface area contributed by atoms with Crippen molar-refractivity contribution < 1.29 is 18.0 Å². The fourth-order valence-electron chi connectivity index (χ4n) is 1.81. The number of hydrogen-bond donors (Lipinski definition) is 0. The number of rotatable bonds is 1. The van der Waals surface area contributed by atoms with Crippen molar-refractivity contribution in [2.75, 3.05) is 0 Å². The largest absolute Gasteiger partial charge is 0.417 e. The molecule has 0 fully saturated rings. The molecule has 88 valence electrons. The average molecular weight is 239 g/mol. The molecule has 0 saturated carbocycles. The van der Waals surface area contributed by atoms with Crippen LogP contribution < -0.4 is 0 Å². The first-order valence-corrected chi connectivity index (χ1v) is 4.86. The van der Waals surface area contributed by atoms with Crippen LogP contribution in [-0.2, 0) is 6.18 Å². The lowest BCUT2D eigenvalue weighted by molar-refractivity contribution is -0.136. The van der Waals surface area contributed by atoms with E-state index in [9.17, 15) is 18.0 Å². The molecule has 0 N–H and O–H groups in total. The van der Waals surface area contributed by atoms with Crippen molar-refractivity contribution in [2.24, 2.45) is 0 Å². The highest BCUT2D eigenvalue weighted by atomic mass is 19.4. The Bertz CT molecular complexity index is 590. The summed E-state index contributed by atoms with van der Waals surface area (Å²) in [6, 6.07) is 5.11. The molecule has 0 aliphatic heterocycles. The first-order chi connectivity index (χ1) is 7.93. The fraction of sp³-hybridized carbons (Fsp3) is 0.167. The van der Waals surface area contributed by atoms with E-state index in [1.807, 2.05) is 0 Å². The number of carbonyl (C=O) groups is 1. The van der Waals surface area contributed by atoms with Crippen LogP contribution in [0.5, 0.6) is 0 Å². The standard InChI is InChI=1S/C12H8F3NO/c1-7-5-8(6-17)16-10-4-2-3-9(11(7)10)12(13,14)15/h2-6H,1H3. The molecule has 0 saturated heterocycles. The zero-order chi connectivity index (χ0) is 12.6. The Hall–Kier alpha value is -1.91. The highest BCUT2D eigenvalue weighted by Crippen LogP contribution is 2.35. The summed E-state index contributed by atoms with van der Waals surface area (Å²) in [6.07, 6.45) is -3.90. The third kappa shape index (κ3) is 2.00. The summed E-state index contributed by atoms with van der Waals surface area (Å²) in [4.78, 5) is 14.5. The summed E-state index contributed by atoms with van der Waals surface area (Å²) in [5.41, 5.74) is -0.0151. The molecule has 0 bridgehead atoms. The Morgan fingerprint density at radius 3 is 2.59 bits per heavy atom. The van der Waals surface area contributed by atoms with Crippen LogP contribution in [0.15, 0.2) is 24.3 Å². The van der Waals surface area contributed by atoms with Crippen molar-refractivity contribution in [3.05, 3.63) is 41.1 Å². The number of aldehydes is 1. The molecule has 0 unspecified atom stereocenters. The van der Waals surface area contributed by atoms with E-state index in [-0.39, 0.29) is 16.6 Å². The Kier molecular flexibility index (Phi) is 2.61. The predicted molar refractivity (Wildman–Crippen MR) is 56.9 cm³/mol. The fourth-order valence-corrected chi connectivity index (χ4v) is 1.81. The van der Waals surface area contributed by atoms with Crippen LogP contribution >= 0.6 is 0 Å². The Labute approximate surface area is 95.1 Å². The van der Waals surface area contributed by atoms with Gasteiger partial charge >= 0.3 is 6.18 Å². The molecular weight excluding hydrogens is 231 g/mol. The van der Waals surface area contributed by atoms with E-state index in [1.54, 1.807) is 0 Å². The van der Waals surface area contributed by atoms with Crippen LogP contribution in [0.25, 0.3) is 10.9 Å². The molecule has 0 radical (unpaired) electrons. The van der Waals surface area contributed by atoms with Gasteiger partial charge in [0.1, 0.15) is 5.69 Å². The molecule has 1 aromatic heterocycles. The van der Waals surface area contributed by atoms with Crippen LogP contribution in [0, 0.1) is 6.92 Å². The lowest BCUT2D eigenvalue weighted by atomic mass is 10.0. The third-order valence-electron chi connectivity index (χ3n) is 2.48. The van der Waals surface area contributed by atoms with Crippen LogP contribution in [0.1, 0.15) is 21.6 Å². The van der Waals surface area contributed by atoms with Gasteiger partial charge in [-0.15, -0.1) is 0 Å². The molecule has 0 aliphatic carbocycles. The number of benzene rings is 1. The lowest BCUT2D eigenvalue weighted by Crippen LogP contribution is -2.07. The summed E-state index contributed by atoms with van der Waals surface area (Å²) in [5, 5.41) is 0.0469. The van der Waals surface area contributed by atoms with Gasteiger partial charge in [-0.3, -0.25) is 4.79 Å². The number of alkyl halides is 3. The number of halogens is 3. The van der Waals surface area contributed by atoms with Crippen molar-refractivity contribution in [1.29, 1.82) is 0 Å². The molecule has 0 amide bonds. The van der Waals surface area contributed by atoms with E-state index in [0.29, 0.717) is 11.8 Å². The minimum absolute atomic E-state index is 0.0469. The monoisotopic (exact) mass is 239 g/mol. The second kappa shape index (κ2) is 3.84. The molecule has 2 aromatic rings. The molecule has 5 heteroatoms. The Balaban J connectivity index is 2.86. The Morgan fingerprint density at radius 2 is 2.00 bits per heavy atom. The summed E-state index contributed by atoms with van der Waals surface area (Å²) in [5.74, 6) is 0. The topological polar surface area (TPSA) is 30.0 Å². The molecule has 1 heterocycles. The van der Waals surface area contributed by atoms with Crippen LogP contribution in [-0.4, -0.2) is 11.3 Å². The van der Waals surface area contributed by atoms with Gasteiger partial charge in [-0.2, -0.15) is 13.2 Å². The van der Waals surface area contributed by atoms with Crippen molar-refractivity contribution in [3.8, 4) is 0 Å². The minimum atomic E-state index is -4.42. The van der Waals surface area contributed by atoms with E-state index in [1.165, 1.54) is 25.1 Å². The van der Waals surface area contributed by atoms with E-state index in [0.717, 1.165) is 6.07 Å². The van der Waals surface area contributed by atoms with Gasteiger partial charge in [0, 0.05) is 5.39 Å². The second-order valence-corrected chi connectivity index (χ2v) is 3.68. The van der Waals surface area contributed by atoms with Crippen LogP contribution in [0.2, 0.25) is 0 Å². The van der Waals surface area contributed by atoms with Gasteiger partial charge in [0.2, 0.25) is 0 Å². The summed E-state index contributed by atoms with van der Waals surface area (Å²) in [6.45, 7) is 1.53. The number of pyridine rings is 1. The Morgan fingerprint density at radius 1 is 1.29 bits per heavy atom. The van der Waals surface area contributed by atoms with Crippen molar-refractivity contribution in [3.63, 3.8) is 0 Å². The maximum Gasteiger partial charge on any atom is 0.417 e. The first-order valence-electron chi connectivity index (χ1n) is 4.86. The number of hydrogen-bond acceptors (Lipinski definition) is 2. The molecular formula is C12H8F3NO. The van der Waals surface area contributed by atoms with Gasteiger partial charge in [-0.1, -0.05) is 6.07 Å². The van der Waals surface area contributed by atoms with Crippen LogP contribution in [0.4, 0.5) is 13.2 Å². The maximum absolute atomic E-state index is 12.8. The smallest absolute Gasteiger partial charge is 0.296 e. The number of aromatic nitrogens is 1. The SMILES string of the molecule is Cc1cc(C=O)nc2cccc(C(F)(F)F)c12. The van der Waals surface area contributed by atoms with Crippen molar-refractivity contribution >= 4 is 17.2 Å².